The molecular formula is C24H18ClFN2O3. The highest BCUT2D eigenvalue weighted by molar-refractivity contribution is 6.30. The second-order valence-corrected chi connectivity index (χ2v) is 7.35. The van der Waals surface area contributed by atoms with E-state index in [0.29, 0.717) is 27.7 Å². The lowest BCUT2D eigenvalue weighted by molar-refractivity contribution is -0.121. The molecule has 156 valence electrons. The lowest BCUT2D eigenvalue weighted by Gasteiger charge is -2.30. The second kappa shape index (κ2) is 9.02. The van der Waals surface area contributed by atoms with Crippen molar-refractivity contribution in [1.82, 2.24) is 0 Å². The molecule has 0 fully saturated rings. The quantitative estimate of drug-likeness (QED) is 0.569. The van der Waals surface area contributed by atoms with Crippen molar-refractivity contribution in [2.45, 2.75) is 6.54 Å². The van der Waals surface area contributed by atoms with Crippen LogP contribution in [0.5, 0.6) is 5.75 Å². The number of halogens is 2. The zero-order valence-corrected chi connectivity index (χ0v) is 17.1. The van der Waals surface area contributed by atoms with Crippen molar-refractivity contribution >= 4 is 40.9 Å². The van der Waals surface area contributed by atoms with Crippen LogP contribution in [-0.4, -0.2) is 18.4 Å². The summed E-state index contributed by atoms with van der Waals surface area (Å²) in [5.74, 6) is -0.522. The van der Waals surface area contributed by atoms with E-state index in [9.17, 15) is 14.0 Å². The van der Waals surface area contributed by atoms with E-state index < -0.39 is 0 Å². The smallest absolute Gasteiger partial charge is 0.265 e. The van der Waals surface area contributed by atoms with Crippen molar-refractivity contribution in [3.63, 3.8) is 0 Å². The van der Waals surface area contributed by atoms with E-state index in [1.807, 2.05) is 0 Å². The SMILES string of the molecule is O=C(/C=C/c1ccc(Cl)cc1)Nc1ccc2c(c1)N(Cc1ccccc1F)C(=O)CO2. The van der Waals surface area contributed by atoms with Crippen LogP contribution in [0.4, 0.5) is 15.8 Å². The summed E-state index contributed by atoms with van der Waals surface area (Å²) in [7, 11) is 0. The standard InChI is InChI=1S/C24H18ClFN2O3/c25-18-8-5-16(6-9-18)7-12-23(29)27-19-10-11-22-21(13-19)28(24(30)15-31-22)14-17-3-1-2-4-20(17)26/h1-13H,14-15H2,(H,27,29)/b12-7+. The Morgan fingerprint density at radius 1 is 1.13 bits per heavy atom. The number of benzene rings is 3. The number of carbonyl (C=O) groups excluding carboxylic acids is 2. The minimum Gasteiger partial charge on any atom is -0.482 e. The van der Waals surface area contributed by atoms with Gasteiger partial charge in [0.2, 0.25) is 5.91 Å². The molecule has 0 saturated carbocycles. The molecule has 0 atom stereocenters. The minimum absolute atomic E-state index is 0.0652. The molecule has 0 spiro atoms. The van der Waals surface area contributed by atoms with E-state index in [-0.39, 0.29) is 30.8 Å². The maximum absolute atomic E-state index is 14.1. The molecule has 0 radical (unpaired) electrons. The molecule has 0 saturated heterocycles. The summed E-state index contributed by atoms with van der Waals surface area (Å²) in [6.07, 6.45) is 3.07. The second-order valence-electron chi connectivity index (χ2n) is 6.92. The molecule has 0 unspecified atom stereocenters. The minimum atomic E-state index is -0.389. The van der Waals surface area contributed by atoms with Crippen molar-refractivity contribution < 1.29 is 18.7 Å². The number of rotatable bonds is 5. The molecule has 4 rings (SSSR count). The first-order chi connectivity index (χ1) is 15.0. The topological polar surface area (TPSA) is 58.6 Å². The van der Waals surface area contributed by atoms with Crippen LogP contribution in [0, 0.1) is 5.82 Å². The maximum Gasteiger partial charge on any atom is 0.265 e. The number of nitrogens with one attached hydrogen (secondary N) is 1. The van der Waals surface area contributed by atoms with Gasteiger partial charge < -0.3 is 15.0 Å². The van der Waals surface area contributed by atoms with E-state index >= 15 is 0 Å². The first-order valence-electron chi connectivity index (χ1n) is 9.55. The summed E-state index contributed by atoms with van der Waals surface area (Å²) >= 11 is 5.86. The van der Waals surface area contributed by atoms with Crippen LogP contribution in [0.15, 0.2) is 72.8 Å². The van der Waals surface area contributed by atoms with Crippen LogP contribution in [0.25, 0.3) is 6.08 Å². The summed E-state index contributed by atoms with van der Waals surface area (Å²) in [4.78, 5) is 26.2. The van der Waals surface area contributed by atoms with Crippen LogP contribution in [0.1, 0.15) is 11.1 Å². The largest absolute Gasteiger partial charge is 0.482 e. The van der Waals surface area contributed by atoms with E-state index in [2.05, 4.69) is 5.32 Å². The highest BCUT2D eigenvalue weighted by Crippen LogP contribution is 2.35. The van der Waals surface area contributed by atoms with Crippen LogP contribution in [0.2, 0.25) is 5.02 Å². The van der Waals surface area contributed by atoms with Crippen LogP contribution in [-0.2, 0) is 16.1 Å². The van der Waals surface area contributed by atoms with E-state index in [4.69, 9.17) is 16.3 Å². The fourth-order valence-electron chi connectivity index (χ4n) is 3.18. The van der Waals surface area contributed by atoms with Crippen molar-refractivity contribution in [2.75, 3.05) is 16.8 Å². The van der Waals surface area contributed by atoms with Gasteiger partial charge >= 0.3 is 0 Å². The molecule has 1 aliphatic heterocycles. The number of fused-ring (bicyclic) bond motifs is 1. The Balaban J connectivity index is 1.53. The summed E-state index contributed by atoms with van der Waals surface area (Å²) in [5, 5.41) is 3.38. The summed E-state index contributed by atoms with van der Waals surface area (Å²) in [6.45, 7) is -0.0628. The number of nitrogens with zero attached hydrogens (tertiary/aromatic N) is 1. The molecule has 1 heterocycles. The monoisotopic (exact) mass is 436 g/mol. The number of hydrogen-bond acceptors (Lipinski definition) is 3. The predicted molar refractivity (Wildman–Crippen MR) is 119 cm³/mol. The Labute approximate surface area is 183 Å². The van der Waals surface area contributed by atoms with Gasteiger partial charge in [-0.2, -0.15) is 0 Å². The molecule has 5 nitrogen and oxygen atoms in total. The Kier molecular flexibility index (Phi) is 6.00. The third-order valence-electron chi connectivity index (χ3n) is 4.75. The third kappa shape index (κ3) is 4.92. The Morgan fingerprint density at radius 2 is 1.90 bits per heavy atom. The Bertz CT molecular complexity index is 1160. The summed E-state index contributed by atoms with van der Waals surface area (Å²) in [6, 6.07) is 18.4. The zero-order chi connectivity index (χ0) is 21.8. The number of anilines is 2. The van der Waals surface area contributed by atoms with Gasteiger partial charge in [0.25, 0.3) is 5.91 Å². The number of hydrogen-bond donors (Lipinski definition) is 1. The van der Waals surface area contributed by atoms with E-state index in [1.54, 1.807) is 66.7 Å². The van der Waals surface area contributed by atoms with Crippen molar-refractivity contribution in [2.24, 2.45) is 0 Å². The summed E-state index contributed by atoms with van der Waals surface area (Å²) in [5.41, 5.74) is 2.18. The van der Waals surface area contributed by atoms with Gasteiger partial charge in [-0.3, -0.25) is 9.59 Å². The van der Waals surface area contributed by atoms with Gasteiger partial charge in [-0.25, -0.2) is 4.39 Å². The lowest BCUT2D eigenvalue weighted by Crippen LogP contribution is -2.38. The first-order valence-corrected chi connectivity index (χ1v) is 9.92. The van der Waals surface area contributed by atoms with Gasteiger partial charge in [-0.05, 0) is 48.0 Å². The van der Waals surface area contributed by atoms with E-state index in [0.717, 1.165) is 5.56 Å². The van der Waals surface area contributed by atoms with Gasteiger partial charge in [0.1, 0.15) is 11.6 Å². The molecule has 3 aromatic carbocycles. The Hall–Kier alpha value is -3.64. The van der Waals surface area contributed by atoms with Gasteiger partial charge in [0.15, 0.2) is 6.61 Å². The molecule has 2 amide bonds. The van der Waals surface area contributed by atoms with Crippen molar-refractivity contribution in [3.05, 3.63) is 94.8 Å². The van der Waals surface area contributed by atoms with Gasteiger partial charge in [-0.1, -0.05) is 41.9 Å². The molecule has 3 aromatic rings. The molecule has 1 aliphatic rings. The molecular weight excluding hydrogens is 419 g/mol. The average molecular weight is 437 g/mol. The highest BCUT2D eigenvalue weighted by atomic mass is 35.5. The highest BCUT2D eigenvalue weighted by Gasteiger charge is 2.26. The van der Waals surface area contributed by atoms with Gasteiger partial charge in [0, 0.05) is 22.3 Å². The number of ether oxygens (including phenoxy) is 1. The van der Waals surface area contributed by atoms with Crippen LogP contribution in [0.3, 0.4) is 0 Å². The molecule has 0 aliphatic carbocycles. The number of carbonyl (C=O) groups is 2. The Morgan fingerprint density at radius 3 is 2.68 bits per heavy atom. The third-order valence-corrected chi connectivity index (χ3v) is 5.00. The predicted octanol–water partition coefficient (Wildman–Crippen LogP) is 5.06. The van der Waals surface area contributed by atoms with Gasteiger partial charge in [0.05, 0.1) is 12.2 Å². The fraction of sp³-hybridized carbons (Fsp3) is 0.0833. The molecule has 31 heavy (non-hydrogen) atoms. The fourth-order valence-corrected chi connectivity index (χ4v) is 3.31. The molecule has 0 bridgehead atoms. The molecule has 0 aromatic heterocycles. The average Bonchev–Trinajstić information content (AvgIpc) is 2.77. The normalized spacial score (nSPS) is 13.1. The van der Waals surface area contributed by atoms with Crippen LogP contribution < -0.4 is 15.0 Å². The molecule has 1 N–H and O–H groups in total. The van der Waals surface area contributed by atoms with Crippen molar-refractivity contribution in [1.29, 1.82) is 0 Å². The van der Waals surface area contributed by atoms with Gasteiger partial charge in [-0.15, -0.1) is 0 Å². The van der Waals surface area contributed by atoms with Crippen LogP contribution >= 0.6 is 11.6 Å². The van der Waals surface area contributed by atoms with E-state index in [1.165, 1.54) is 17.0 Å². The first kappa shape index (κ1) is 20.6. The summed E-state index contributed by atoms with van der Waals surface area (Å²) < 4.78 is 19.6. The number of amides is 2. The lowest BCUT2D eigenvalue weighted by atomic mass is 10.1. The zero-order valence-electron chi connectivity index (χ0n) is 16.3. The van der Waals surface area contributed by atoms with Crippen molar-refractivity contribution in [3.8, 4) is 5.75 Å². The molecule has 7 heteroatoms. The maximum atomic E-state index is 14.1.